The van der Waals surface area contributed by atoms with E-state index >= 15 is 0 Å². The summed E-state index contributed by atoms with van der Waals surface area (Å²) in [6.45, 7) is 8.92. The van der Waals surface area contributed by atoms with Crippen LogP contribution >= 0.6 is 0 Å². The zero-order chi connectivity index (χ0) is 18.7. The molecule has 2 aliphatic heterocycles. The fourth-order valence-corrected chi connectivity index (χ4v) is 4.26. The van der Waals surface area contributed by atoms with E-state index in [1.54, 1.807) is 19.2 Å². The van der Waals surface area contributed by atoms with Crippen LogP contribution in [0.15, 0.2) is 18.2 Å². The predicted molar refractivity (Wildman–Crippen MR) is 99.5 cm³/mol. The summed E-state index contributed by atoms with van der Waals surface area (Å²) in [5.41, 5.74) is 1.00. The number of hydrogen-bond donors (Lipinski definition) is 0. The summed E-state index contributed by atoms with van der Waals surface area (Å²) >= 11 is 0. The number of morpholine rings is 1. The third-order valence-corrected chi connectivity index (χ3v) is 5.31. The van der Waals surface area contributed by atoms with Crippen molar-refractivity contribution in [2.24, 2.45) is 0 Å². The molecule has 7 heteroatoms. The lowest BCUT2D eigenvalue weighted by atomic mass is 10.1. The van der Waals surface area contributed by atoms with E-state index in [4.69, 9.17) is 9.47 Å². The molecule has 1 aromatic rings. The van der Waals surface area contributed by atoms with E-state index in [0.717, 1.165) is 50.3 Å². The Hall–Kier alpha value is -1.70. The molecule has 26 heavy (non-hydrogen) atoms. The van der Waals surface area contributed by atoms with Crippen LogP contribution in [0, 0.1) is 10.1 Å². The van der Waals surface area contributed by atoms with Crippen LogP contribution < -0.4 is 4.74 Å². The summed E-state index contributed by atoms with van der Waals surface area (Å²) in [4.78, 5) is 15.7. The molecule has 2 saturated heterocycles. The Morgan fingerprint density at radius 1 is 1.31 bits per heavy atom. The first-order valence-electron chi connectivity index (χ1n) is 9.39. The molecule has 2 heterocycles. The molecule has 0 saturated carbocycles. The van der Waals surface area contributed by atoms with Crippen molar-refractivity contribution in [2.45, 2.75) is 51.5 Å². The quantitative estimate of drug-likeness (QED) is 0.572. The Balaban J connectivity index is 1.69. The number of likely N-dealkylation sites (tertiary alicyclic amines) is 1. The van der Waals surface area contributed by atoms with Gasteiger partial charge in [-0.1, -0.05) is 0 Å². The van der Waals surface area contributed by atoms with Crippen LogP contribution in [0.4, 0.5) is 5.69 Å². The second-order valence-electron chi connectivity index (χ2n) is 7.50. The standard InChI is InChI=1S/C19H29N3O4/c1-14-10-20(11-15(2)26-14)13-18-5-4-8-21(18)12-16-9-17(22(23)24)6-7-19(16)25-3/h6-7,9,14-15,18H,4-5,8,10-13H2,1-3H3. The molecule has 0 N–H and O–H groups in total. The van der Waals surface area contributed by atoms with Gasteiger partial charge in [-0.05, 0) is 39.3 Å². The predicted octanol–water partition coefficient (Wildman–Crippen LogP) is 2.68. The summed E-state index contributed by atoms with van der Waals surface area (Å²) in [6.07, 6.45) is 2.87. The average Bonchev–Trinajstić information content (AvgIpc) is 3.00. The molecular formula is C19H29N3O4. The van der Waals surface area contributed by atoms with Gasteiger partial charge < -0.3 is 9.47 Å². The highest BCUT2D eigenvalue weighted by molar-refractivity contribution is 5.43. The van der Waals surface area contributed by atoms with E-state index in [1.165, 1.54) is 6.07 Å². The molecular weight excluding hydrogens is 334 g/mol. The number of nitro benzene ring substituents is 1. The molecule has 2 fully saturated rings. The van der Waals surface area contributed by atoms with Gasteiger partial charge in [-0.15, -0.1) is 0 Å². The Kier molecular flexibility index (Phi) is 6.11. The van der Waals surface area contributed by atoms with E-state index < -0.39 is 0 Å². The fourth-order valence-electron chi connectivity index (χ4n) is 4.26. The second-order valence-corrected chi connectivity index (χ2v) is 7.50. The van der Waals surface area contributed by atoms with Crippen molar-refractivity contribution < 1.29 is 14.4 Å². The van der Waals surface area contributed by atoms with Crippen LogP contribution in [0.5, 0.6) is 5.75 Å². The minimum Gasteiger partial charge on any atom is -0.496 e. The number of ether oxygens (including phenoxy) is 2. The maximum absolute atomic E-state index is 11.1. The minimum absolute atomic E-state index is 0.118. The monoisotopic (exact) mass is 363 g/mol. The molecule has 7 nitrogen and oxygen atoms in total. The number of benzene rings is 1. The van der Waals surface area contributed by atoms with Gasteiger partial charge in [0.2, 0.25) is 0 Å². The minimum atomic E-state index is -0.346. The molecule has 3 rings (SSSR count). The van der Waals surface area contributed by atoms with Crippen molar-refractivity contribution >= 4 is 5.69 Å². The van der Waals surface area contributed by atoms with Crippen molar-refractivity contribution in [3.63, 3.8) is 0 Å². The van der Waals surface area contributed by atoms with Gasteiger partial charge in [-0.3, -0.25) is 19.9 Å². The maximum atomic E-state index is 11.1. The van der Waals surface area contributed by atoms with Crippen molar-refractivity contribution in [2.75, 3.05) is 33.3 Å². The largest absolute Gasteiger partial charge is 0.496 e. The molecule has 144 valence electrons. The van der Waals surface area contributed by atoms with Crippen LogP contribution in [0.2, 0.25) is 0 Å². The van der Waals surface area contributed by atoms with Crippen LogP contribution in [0.25, 0.3) is 0 Å². The molecule has 2 aliphatic rings. The van der Waals surface area contributed by atoms with Gasteiger partial charge >= 0.3 is 0 Å². The van der Waals surface area contributed by atoms with Crippen LogP contribution in [-0.2, 0) is 11.3 Å². The second kappa shape index (κ2) is 8.33. The molecule has 3 unspecified atom stereocenters. The molecule has 3 atom stereocenters. The van der Waals surface area contributed by atoms with Gasteiger partial charge in [0.05, 0.1) is 24.2 Å². The molecule has 0 bridgehead atoms. The van der Waals surface area contributed by atoms with Crippen molar-refractivity contribution in [1.82, 2.24) is 9.80 Å². The number of rotatable bonds is 6. The Morgan fingerprint density at radius 2 is 2.04 bits per heavy atom. The van der Waals surface area contributed by atoms with Gasteiger partial charge in [0.25, 0.3) is 5.69 Å². The van der Waals surface area contributed by atoms with Crippen molar-refractivity contribution in [3.8, 4) is 5.75 Å². The first kappa shape index (κ1) is 19.1. The fraction of sp³-hybridized carbons (Fsp3) is 0.684. The third-order valence-electron chi connectivity index (χ3n) is 5.31. The zero-order valence-electron chi connectivity index (χ0n) is 15.9. The van der Waals surface area contributed by atoms with Crippen LogP contribution in [0.3, 0.4) is 0 Å². The molecule has 0 amide bonds. The number of nitro groups is 1. The van der Waals surface area contributed by atoms with Crippen LogP contribution in [0.1, 0.15) is 32.3 Å². The van der Waals surface area contributed by atoms with E-state index in [0.29, 0.717) is 12.6 Å². The van der Waals surface area contributed by atoms with E-state index in [9.17, 15) is 10.1 Å². The van der Waals surface area contributed by atoms with Crippen LogP contribution in [-0.4, -0.2) is 66.3 Å². The highest BCUT2D eigenvalue weighted by Gasteiger charge is 2.30. The highest BCUT2D eigenvalue weighted by atomic mass is 16.6. The van der Waals surface area contributed by atoms with E-state index in [-0.39, 0.29) is 22.8 Å². The van der Waals surface area contributed by atoms with Crippen molar-refractivity contribution in [3.05, 3.63) is 33.9 Å². The molecule has 0 aromatic heterocycles. The Morgan fingerprint density at radius 3 is 2.69 bits per heavy atom. The van der Waals surface area contributed by atoms with Gasteiger partial charge in [-0.25, -0.2) is 0 Å². The summed E-state index contributed by atoms with van der Waals surface area (Å²) in [5, 5.41) is 11.1. The maximum Gasteiger partial charge on any atom is 0.270 e. The van der Waals surface area contributed by atoms with Gasteiger partial charge in [0.15, 0.2) is 0 Å². The molecule has 0 radical (unpaired) electrons. The SMILES string of the molecule is COc1ccc([N+](=O)[O-])cc1CN1CCCC1CN1CC(C)OC(C)C1. The summed E-state index contributed by atoms with van der Waals surface area (Å²) < 4.78 is 11.3. The summed E-state index contributed by atoms with van der Waals surface area (Å²) in [7, 11) is 1.61. The number of nitrogens with zero attached hydrogens (tertiary/aromatic N) is 3. The number of hydrogen-bond acceptors (Lipinski definition) is 6. The Bertz CT molecular complexity index is 629. The number of methoxy groups -OCH3 is 1. The lowest BCUT2D eigenvalue weighted by Gasteiger charge is -2.38. The summed E-state index contributed by atoms with van der Waals surface area (Å²) in [5.74, 6) is 0.717. The normalized spacial score (nSPS) is 27.6. The lowest BCUT2D eigenvalue weighted by Crippen LogP contribution is -2.50. The number of non-ortho nitro benzene ring substituents is 1. The first-order valence-corrected chi connectivity index (χ1v) is 9.39. The van der Waals surface area contributed by atoms with Gasteiger partial charge in [0.1, 0.15) is 5.75 Å². The van der Waals surface area contributed by atoms with Crippen molar-refractivity contribution in [1.29, 1.82) is 0 Å². The van der Waals surface area contributed by atoms with E-state index in [2.05, 4.69) is 23.6 Å². The average molecular weight is 363 g/mol. The smallest absolute Gasteiger partial charge is 0.270 e. The van der Waals surface area contributed by atoms with Gasteiger partial charge in [-0.2, -0.15) is 0 Å². The molecule has 0 spiro atoms. The highest BCUT2D eigenvalue weighted by Crippen LogP contribution is 2.29. The molecule has 0 aliphatic carbocycles. The third kappa shape index (κ3) is 4.52. The van der Waals surface area contributed by atoms with E-state index in [1.807, 2.05) is 0 Å². The Labute approximate surface area is 155 Å². The lowest BCUT2D eigenvalue weighted by molar-refractivity contribution is -0.385. The zero-order valence-corrected chi connectivity index (χ0v) is 15.9. The molecule has 1 aromatic carbocycles. The van der Waals surface area contributed by atoms with Gasteiger partial charge in [0, 0.05) is 49.9 Å². The first-order chi connectivity index (χ1) is 12.5. The summed E-state index contributed by atoms with van der Waals surface area (Å²) in [6, 6.07) is 5.31. The topological polar surface area (TPSA) is 68.1 Å².